The second kappa shape index (κ2) is 6.80. The summed E-state index contributed by atoms with van der Waals surface area (Å²) in [4.78, 5) is 21.6. The highest BCUT2D eigenvalue weighted by Gasteiger charge is 2.06. The Kier molecular flexibility index (Phi) is 4.19. The van der Waals surface area contributed by atoms with Gasteiger partial charge in [-0.15, -0.1) is 0 Å². The van der Waals surface area contributed by atoms with E-state index in [9.17, 15) is 4.79 Å². The Morgan fingerprint density at radius 1 is 0.923 bits per heavy atom. The van der Waals surface area contributed by atoms with Crippen molar-refractivity contribution >= 4 is 17.8 Å². The van der Waals surface area contributed by atoms with Gasteiger partial charge in [-0.3, -0.25) is 14.5 Å². The van der Waals surface area contributed by atoms with Crippen LogP contribution in [0.4, 0.5) is 0 Å². The lowest BCUT2D eigenvalue weighted by atomic mass is 10.2. The molecule has 0 fully saturated rings. The lowest BCUT2D eigenvalue weighted by molar-refractivity contribution is 0.620. The fourth-order valence-electron chi connectivity index (χ4n) is 2.90. The molecule has 4 aromatic rings. The summed E-state index contributed by atoms with van der Waals surface area (Å²) in [5, 5.41) is 0. The molecule has 0 saturated heterocycles. The monoisotopic (exact) mass is 342 g/mol. The Morgan fingerprint density at radius 3 is 2.54 bits per heavy atom. The van der Waals surface area contributed by atoms with Crippen molar-refractivity contribution in [2.45, 2.75) is 13.5 Å². The zero-order valence-electron chi connectivity index (χ0n) is 14.4. The lowest BCUT2D eigenvalue weighted by Gasteiger charge is -2.06. The average Bonchev–Trinajstić information content (AvgIpc) is 3.04. The van der Waals surface area contributed by atoms with E-state index in [-0.39, 0.29) is 5.56 Å². The summed E-state index contributed by atoms with van der Waals surface area (Å²) in [7, 11) is 0. The molecule has 0 N–H and O–H groups in total. The summed E-state index contributed by atoms with van der Waals surface area (Å²) in [6.07, 6.45) is 5.57. The van der Waals surface area contributed by atoms with E-state index >= 15 is 0 Å². The molecule has 0 atom stereocenters. The summed E-state index contributed by atoms with van der Waals surface area (Å²) in [6, 6.07) is 19.3. The Labute approximate surface area is 150 Å². The zero-order chi connectivity index (χ0) is 17.9. The molecular formula is C21H18N4O. The van der Waals surface area contributed by atoms with Crippen LogP contribution >= 0.6 is 0 Å². The van der Waals surface area contributed by atoms with Crippen LogP contribution in [0, 0.1) is 6.92 Å². The standard InChI is InChI=1S/C21H18N4O/c1-16-6-5-9-18(22-16)10-11-19-14-21(26)25-20(23-19)12-13-24(25)15-17-7-3-2-4-8-17/h2-14H,15H2,1H3/b11-10+. The van der Waals surface area contributed by atoms with Crippen molar-refractivity contribution in [1.82, 2.24) is 19.2 Å². The predicted molar refractivity (Wildman–Crippen MR) is 103 cm³/mol. The number of rotatable bonds is 4. The van der Waals surface area contributed by atoms with Crippen molar-refractivity contribution in [2.75, 3.05) is 0 Å². The minimum absolute atomic E-state index is 0.104. The summed E-state index contributed by atoms with van der Waals surface area (Å²) in [5.41, 5.74) is 4.07. The molecule has 0 bridgehead atoms. The second-order valence-corrected chi connectivity index (χ2v) is 6.13. The molecule has 4 rings (SSSR count). The van der Waals surface area contributed by atoms with Gasteiger partial charge in [0.15, 0.2) is 5.65 Å². The maximum atomic E-state index is 12.6. The predicted octanol–water partition coefficient (Wildman–Crippen LogP) is 3.42. The van der Waals surface area contributed by atoms with Crippen LogP contribution in [0.3, 0.4) is 0 Å². The van der Waals surface area contributed by atoms with E-state index in [4.69, 9.17) is 0 Å². The van der Waals surface area contributed by atoms with Gasteiger partial charge in [0.2, 0.25) is 0 Å². The van der Waals surface area contributed by atoms with Crippen molar-refractivity contribution in [3.05, 3.63) is 99.9 Å². The first-order valence-corrected chi connectivity index (χ1v) is 8.44. The SMILES string of the molecule is Cc1cccc(/C=C/c2cc(=O)n3c(ccn3Cc3ccccc3)n2)n1. The highest BCUT2D eigenvalue weighted by molar-refractivity contribution is 5.66. The van der Waals surface area contributed by atoms with Gasteiger partial charge in [-0.2, -0.15) is 4.52 Å². The van der Waals surface area contributed by atoms with Gasteiger partial charge >= 0.3 is 0 Å². The summed E-state index contributed by atoms with van der Waals surface area (Å²) in [5.74, 6) is 0. The molecule has 0 unspecified atom stereocenters. The zero-order valence-corrected chi connectivity index (χ0v) is 14.4. The van der Waals surface area contributed by atoms with Gasteiger partial charge in [-0.1, -0.05) is 36.4 Å². The molecular weight excluding hydrogens is 324 g/mol. The van der Waals surface area contributed by atoms with Crippen molar-refractivity contribution in [3.63, 3.8) is 0 Å². The molecule has 0 saturated carbocycles. The van der Waals surface area contributed by atoms with E-state index in [2.05, 4.69) is 9.97 Å². The maximum absolute atomic E-state index is 12.6. The molecule has 5 heteroatoms. The fourth-order valence-corrected chi connectivity index (χ4v) is 2.90. The van der Waals surface area contributed by atoms with Gasteiger partial charge in [0.25, 0.3) is 5.56 Å². The number of hydrogen-bond donors (Lipinski definition) is 0. The fraction of sp³-hybridized carbons (Fsp3) is 0.0952. The molecule has 0 radical (unpaired) electrons. The van der Waals surface area contributed by atoms with Crippen LogP contribution in [0.1, 0.15) is 22.6 Å². The van der Waals surface area contributed by atoms with Crippen LogP contribution in [-0.2, 0) is 6.54 Å². The number of fused-ring (bicyclic) bond motifs is 1. The average molecular weight is 342 g/mol. The molecule has 0 aliphatic carbocycles. The Hall–Kier alpha value is -3.47. The van der Waals surface area contributed by atoms with Crippen molar-refractivity contribution in [2.24, 2.45) is 0 Å². The van der Waals surface area contributed by atoms with E-state index in [1.807, 2.05) is 84.6 Å². The van der Waals surface area contributed by atoms with E-state index < -0.39 is 0 Å². The first-order chi connectivity index (χ1) is 12.7. The van der Waals surface area contributed by atoms with Crippen LogP contribution in [0.2, 0.25) is 0 Å². The lowest BCUT2D eigenvalue weighted by Crippen LogP contribution is -2.21. The third-order valence-corrected chi connectivity index (χ3v) is 4.12. The number of hydrogen-bond acceptors (Lipinski definition) is 3. The second-order valence-electron chi connectivity index (χ2n) is 6.13. The first kappa shape index (κ1) is 16.0. The number of pyridine rings is 1. The molecule has 3 heterocycles. The molecule has 3 aromatic heterocycles. The molecule has 0 amide bonds. The molecule has 0 aliphatic rings. The Bertz CT molecular complexity index is 1140. The minimum atomic E-state index is -0.104. The summed E-state index contributed by atoms with van der Waals surface area (Å²) in [6.45, 7) is 2.57. The van der Waals surface area contributed by atoms with Crippen LogP contribution in [-0.4, -0.2) is 19.2 Å². The highest BCUT2D eigenvalue weighted by Crippen LogP contribution is 2.08. The van der Waals surface area contributed by atoms with Crippen LogP contribution < -0.4 is 5.56 Å². The third kappa shape index (κ3) is 3.32. The molecule has 0 spiro atoms. The van der Waals surface area contributed by atoms with Crippen LogP contribution in [0.5, 0.6) is 0 Å². The van der Waals surface area contributed by atoms with E-state index in [0.29, 0.717) is 17.9 Å². The number of aryl methyl sites for hydroxylation is 1. The van der Waals surface area contributed by atoms with Gasteiger partial charge in [-0.05, 0) is 36.8 Å². The topological polar surface area (TPSA) is 52.2 Å². The molecule has 1 aromatic carbocycles. The first-order valence-electron chi connectivity index (χ1n) is 8.44. The minimum Gasteiger partial charge on any atom is -0.279 e. The van der Waals surface area contributed by atoms with E-state index in [1.54, 1.807) is 10.6 Å². The molecule has 5 nitrogen and oxygen atoms in total. The number of benzene rings is 1. The van der Waals surface area contributed by atoms with E-state index in [0.717, 1.165) is 17.0 Å². The largest absolute Gasteiger partial charge is 0.279 e. The Balaban J connectivity index is 1.66. The quantitative estimate of drug-likeness (QED) is 0.571. The van der Waals surface area contributed by atoms with Gasteiger partial charge in [-0.25, -0.2) is 4.98 Å². The van der Waals surface area contributed by atoms with Gasteiger partial charge in [0.1, 0.15) is 0 Å². The van der Waals surface area contributed by atoms with Crippen molar-refractivity contribution < 1.29 is 0 Å². The number of nitrogens with zero attached hydrogens (tertiary/aromatic N) is 4. The summed E-state index contributed by atoms with van der Waals surface area (Å²) < 4.78 is 3.46. The van der Waals surface area contributed by atoms with E-state index in [1.165, 1.54) is 0 Å². The molecule has 26 heavy (non-hydrogen) atoms. The highest BCUT2D eigenvalue weighted by atomic mass is 16.1. The smallest absolute Gasteiger partial charge is 0.273 e. The maximum Gasteiger partial charge on any atom is 0.273 e. The van der Waals surface area contributed by atoms with Crippen molar-refractivity contribution in [3.8, 4) is 0 Å². The summed E-state index contributed by atoms with van der Waals surface area (Å²) >= 11 is 0. The number of aromatic nitrogens is 4. The Morgan fingerprint density at radius 2 is 1.73 bits per heavy atom. The van der Waals surface area contributed by atoms with Crippen LogP contribution in [0.15, 0.2) is 71.7 Å². The van der Waals surface area contributed by atoms with Gasteiger partial charge in [0.05, 0.1) is 17.9 Å². The van der Waals surface area contributed by atoms with Gasteiger partial charge < -0.3 is 0 Å². The van der Waals surface area contributed by atoms with Gasteiger partial charge in [0, 0.05) is 24.0 Å². The molecule has 128 valence electrons. The van der Waals surface area contributed by atoms with Crippen molar-refractivity contribution in [1.29, 1.82) is 0 Å². The normalized spacial score (nSPS) is 11.4. The molecule has 0 aliphatic heterocycles. The van der Waals surface area contributed by atoms with Crippen LogP contribution in [0.25, 0.3) is 17.8 Å². The third-order valence-electron chi connectivity index (χ3n) is 4.12.